The van der Waals surface area contributed by atoms with E-state index in [-0.39, 0.29) is 12.3 Å². The number of rotatable bonds is 7. The number of carbonyl (C=O) groups is 2. The molecular formula is C16H16BrNO6. The molecule has 0 aliphatic rings. The van der Waals surface area contributed by atoms with Crippen LogP contribution in [0.4, 0.5) is 0 Å². The number of furan rings is 1. The summed E-state index contributed by atoms with van der Waals surface area (Å²) in [7, 11) is 3.03. The fourth-order valence-corrected chi connectivity index (χ4v) is 2.43. The average molecular weight is 398 g/mol. The molecule has 0 fully saturated rings. The third kappa shape index (κ3) is 4.51. The number of hydrogen-bond acceptors (Lipinski definition) is 5. The number of amides is 1. The molecule has 0 unspecified atom stereocenters. The number of nitrogens with zero attached hydrogens (tertiary/aromatic N) is 1. The summed E-state index contributed by atoms with van der Waals surface area (Å²) < 4.78 is 16.0. The summed E-state index contributed by atoms with van der Waals surface area (Å²) in [6.07, 6.45) is 0. The molecule has 2 rings (SSSR count). The predicted molar refractivity (Wildman–Crippen MR) is 88.3 cm³/mol. The first-order chi connectivity index (χ1) is 11.4. The summed E-state index contributed by atoms with van der Waals surface area (Å²) in [5.41, 5.74) is 0.673. The Morgan fingerprint density at radius 1 is 1.17 bits per heavy atom. The van der Waals surface area contributed by atoms with Gasteiger partial charge in [-0.25, -0.2) is 0 Å². The number of hydrogen-bond donors (Lipinski definition) is 1. The quantitative estimate of drug-likeness (QED) is 0.772. The molecule has 0 bridgehead atoms. The Morgan fingerprint density at radius 2 is 1.79 bits per heavy atom. The van der Waals surface area contributed by atoms with E-state index >= 15 is 0 Å². The van der Waals surface area contributed by atoms with Gasteiger partial charge in [0.05, 0.1) is 14.2 Å². The van der Waals surface area contributed by atoms with E-state index in [2.05, 4.69) is 15.9 Å². The lowest BCUT2D eigenvalue weighted by Gasteiger charge is -2.20. The molecule has 8 heteroatoms. The van der Waals surface area contributed by atoms with Gasteiger partial charge in [0.1, 0.15) is 18.0 Å². The number of carbonyl (C=O) groups excluding carboxylic acids is 1. The molecule has 0 saturated carbocycles. The van der Waals surface area contributed by atoms with Crippen molar-refractivity contribution in [1.82, 2.24) is 4.90 Å². The highest BCUT2D eigenvalue weighted by atomic mass is 79.9. The van der Waals surface area contributed by atoms with E-state index in [0.29, 0.717) is 21.7 Å². The topological polar surface area (TPSA) is 89.2 Å². The largest absolute Gasteiger partial charge is 0.497 e. The van der Waals surface area contributed by atoms with Crippen molar-refractivity contribution in [3.05, 3.63) is 46.3 Å². The van der Waals surface area contributed by atoms with Crippen LogP contribution in [0.25, 0.3) is 0 Å². The van der Waals surface area contributed by atoms with Crippen molar-refractivity contribution in [3.8, 4) is 11.5 Å². The van der Waals surface area contributed by atoms with Gasteiger partial charge in [0.25, 0.3) is 5.91 Å². The molecule has 0 radical (unpaired) electrons. The van der Waals surface area contributed by atoms with Crippen LogP contribution in [-0.2, 0) is 11.3 Å². The Hall–Kier alpha value is -2.48. The van der Waals surface area contributed by atoms with Gasteiger partial charge >= 0.3 is 5.97 Å². The molecule has 24 heavy (non-hydrogen) atoms. The molecule has 128 valence electrons. The van der Waals surface area contributed by atoms with Crippen molar-refractivity contribution in [3.63, 3.8) is 0 Å². The van der Waals surface area contributed by atoms with Crippen LogP contribution in [0.5, 0.6) is 11.5 Å². The summed E-state index contributed by atoms with van der Waals surface area (Å²) in [4.78, 5) is 24.8. The zero-order valence-electron chi connectivity index (χ0n) is 13.1. The van der Waals surface area contributed by atoms with E-state index in [1.54, 1.807) is 24.3 Å². The highest BCUT2D eigenvalue weighted by Crippen LogP contribution is 2.24. The lowest BCUT2D eigenvalue weighted by Crippen LogP contribution is -2.35. The molecule has 1 amide bonds. The molecule has 1 heterocycles. The van der Waals surface area contributed by atoms with Gasteiger partial charge in [0, 0.05) is 12.6 Å². The third-order valence-electron chi connectivity index (χ3n) is 3.18. The molecule has 0 spiro atoms. The van der Waals surface area contributed by atoms with E-state index in [9.17, 15) is 9.59 Å². The summed E-state index contributed by atoms with van der Waals surface area (Å²) in [6, 6.07) is 8.16. The van der Waals surface area contributed by atoms with Crippen molar-refractivity contribution < 1.29 is 28.6 Å². The van der Waals surface area contributed by atoms with Crippen LogP contribution in [-0.4, -0.2) is 42.6 Å². The SMILES string of the molecule is COc1cc(CN(CC(=O)O)C(=O)c2ccc(Br)o2)cc(OC)c1. The Labute approximate surface area is 146 Å². The second-order valence-electron chi connectivity index (χ2n) is 4.88. The molecule has 1 aromatic heterocycles. The maximum Gasteiger partial charge on any atom is 0.323 e. The Kier molecular flexibility index (Phi) is 5.86. The summed E-state index contributed by atoms with van der Waals surface area (Å²) in [5, 5.41) is 9.08. The van der Waals surface area contributed by atoms with E-state index < -0.39 is 18.4 Å². The van der Waals surface area contributed by atoms with Gasteiger partial charge < -0.3 is 23.9 Å². The van der Waals surface area contributed by atoms with Crippen LogP contribution in [0.1, 0.15) is 16.1 Å². The molecule has 1 aromatic carbocycles. The van der Waals surface area contributed by atoms with Crippen molar-refractivity contribution >= 4 is 27.8 Å². The minimum atomic E-state index is -1.12. The zero-order chi connectivity index (χ0) is 17.7. The van der Waals surface area contributed by atoms with Gasteiger partial charge in [-0.1, -0.05) is 0 Å². The molecule has 0 aliphatic carbocycles. The minimum absolute atomic E-state index is 0.0537. The number of methoxy groups -OCH3 is 2. The van der Waals surface area contributed by atoms with Gasteiger partial charge in [0.15, 0.2) is 10.4 Å². The average Bonchev–Trinajstić information content (AvgIpc) is 2.99. The third-order valence-corrected chi connectivity index (χ3v) is 3.61. The summed E-state index contributed by atoms with van der Waals surface area (Å²) in [5.74, 6) is -0.493. The molecule has 7 nitrogen and oxygen atoms in total. The molecule has 1 N–H and O–H groups in total. The maximum atomic E-state index is 12.5. The van der Waals surface area contributed by atoms with E-state index in [1.807, 2.05) is 0 Å². The first-order valence-corrected chi connectivity index (χ1v) is 7.70. The highest BCUT2D eigenvalue weighted by molar-refractivity contribution is 9.10. The number of aliphatic carboxylic acids is 1. The molecule has 2 aromatic rings. The molecular weight excluding hydrogens is 382 g/mol. The van der Waals surface area contributed by atoms with Gasteiger partial charge in [0.2, 0.25) is 0 Å². The van der Waals surface area contributed by atoms with Crippen LogP contribution >= 0.6 is 15.9 Å². The lowest BCUT2D eigenvalue weighted by atomic mass is 10.1. The number of benzene rings is 1. The van der Waals surface area contributed by atoms with E-state index in [4.69, 9.17) is 19.0 Å². The van der Waals surface area contributed by atoms with Gasteiger partial charge in [-0.3, -0.25) is 9.59 Å². The second-order valence-corrected chi connectivity index (χ2v) is 5.66. The summed E-state index contributed by atoms with van der Waals surface area (Å²) >= 11 is 3.12. The van der Waals surface area contributed by atoms with E-state index in [0.717, 1.165) is 0 Å². The number of ether oxygens (including phenoxy) is 2. The number of carboxylic acids is 1. The maximum absolute atomic E-state index is 12.5. The van der Waals surface area contributed by atoms with Crippen LogP contribution in [0.2, 0.25) is 0 Å². The standard InChI is InChI=1S/C16H16BrNO6/c1-22-11-5-10(6-12(7-11)23-2)8-18(9-15(19)20)16(21)13-3-4-14(17)24-13/h3-7H,8-9H2,1-2H3,(H,19,20). The Morgan fingerprint density at radius 3 is 2.25 bits per heavy atom. The van der Waals surface area contributed by atoms with E-state index in [1.165, 1.54) is 25.2 Å². The normalized spacial score (nSPS) is 10.3. The van der Waals surface area contributed by atoms with Crippen molar-refractivity contribution in [2.45, 2.75) is 6.54 Å². The fraction of sp³-hybridized carbons (Fsp3) is 0.250. The second kappa shape index (κ2) is 7.87. The lowest BCUT2D eigenvalue weighted by molar-refractivity contribution is -0.137. The first-order valence-electron chi connectivity index (χ1n) is 6.91. The van der Waals surface area contributed by atoms with Gasteiger partial charge in [-0.15, -0.1) is 0 Å². The Bertz CT molecular complexity index is 720. The highest BCUT2D eigenvalue weighted by Gasteiger charge is 2.22. The van der Waals surface area contributed by atoms with Crippen molar-refractivity contribution in [2.24, 2.45) is 0 Å². The minimum Gasteiger partial charge on any atom is -0.497 e. The van der Waals surface area contributed by atoms with Crippen LogP contribution in [0, 0.1) is 0 Å². The van der Waals surface area contributed by atoms with Gasteiger partial charge in [-0.05, 0) is 45.8 Å². The Balaban J connectivity index is 2.28. The smallest absolute Gasteiger partial charge is 0.323 e. The van der Waals surface area contributed by atoms with Crippen LogP contribution < -0.4 is 9.47 Å². The van der Waals surface area contributed by atoms with Gasteiger partial charge in [-0.2, -0.15) is 0 Å². The monoisotopic (exact) mass is 397 g/mol. The first kappa shape index (κ1) is 17.9. The van der Waals surface area contributed by atoms with Crippen LogP contribution in [0.3, 0.4) is 0 Å². The predicted octanol–water partition coefficient (Wildman–Crippen LogP) is 2.79. The molecule has 0 atom stereocenters. The van der Waals surface area contributed by atoms with Crippen molar-refractivity contribution in [2.75, 3.05) is 20.8 Å². The molecule has 0 aliphatic heterocycles. The number of halogens is 1. The van der Waals surface area contributed by atoms with Crippen LogP contribution in [0.15, 0.2) is 39.4 Å². The number of carboxylic acid groups (broad SMARTS) is 1. The van der Waals surface area contributed by atoms with Crippen molar-refractivity contribution in [1.29, 1.82) is 0 Å². The zero-order valence-corrected chi connectivity index (χ0v) is 14.7. The fourth-order valence-electron chi connectivity index (χ4n) is 2.13. The molecule has 0 saturated heterocycles. The summed E-state index contributed by atoms with van der Waals surface area (Å²) in [6.45, 7) is -0.395.